The first kappa shape index (κ1) is 58.7. The second kappa shape index (κ2) is 45.7. The van der Waals surface area contributed by atoms with E-state index in [1.807, 2.05) is 6.08 Å². The Bertz CT molecular complexity index is 1060. The van der Waals surface area contributed by atoms with Crippen molar-refractivity contribution >= 4 is 13.7 Å². The molecule has 0 aliphatic carbocycles. The van der Waals surface area contributed by atoms with Crippen molar-refractivity contribution in [2.45, 2.75) is 257 Å². The lowest BCUT2D eigenvalue weighted by atomic mass is 10.0. The van der Waals surface area contributed by atoms with Crippen LogP contribution >= 0.6 is 7.82 Å². The molecule has 4 unspecified atom stereocenters. The van der Waals surface area contributed by atoms with Gasteiger partial charge < -0.3 is 26.2 Å². The van der Waals surface area contributed by atoms with Gasteiger partial charge in [0.05, 0.1) is 37.9 Å². The number of rotatable bonds is 47. The number of carbonyl (C=O) groups is 1. The summed E-state index contributed by atoms with van der Waals surface area (Å²) in [5, 5.41) is 24.2. The Balaban J connectivity index is 4.22. The first-order valence-electron chi connectivity index (χ1n) is 25.2. The van der Waals surface area contributed by atoms with Crippen LogP contribution in [0.3, 0.4) is 0 Å². The van der Waals surface area contributed by atoms with E-state index in [4.69, 9.17) is 14.8 Å². The summed E-state index contributed by atoms with van der Waals surface area (Å²) in [4.78, 5) is 22.8. The van der Waals surface area contributed by atoms with Crippen LogP contribution in [0.4, 0.5) is 0 Å². The minimum Gasteiger partial charge on any atom is -0.393 e. The number of carbonyl (C=O) groups excluding carboxylic acids is 1. The zero-order chi connectivity index (χ0) is 44.0. The summed E-state index contributed by atoms with van der Waals surface area (Å²) in [6.45, 7) is 3.97. The van der Waals surface area contributed by atoms with Gasteiger partial charge in [-0.05, 0) is 44.9 Å². The lowest BCUT2D eigenvalue weighted by Gasteiger charge is -2.24. The molecule has 0 bridgehead atoms. The van der Waals surface area contributed by atoms with Crippen LogP contribution in [0, 0.1) is 0 Å². The first-order chi connectivity index (χ1) is 29.3. The highest BCUT2D eigenvalue weighted by molar-refractivity contribution is 7.47. The van der Waals surface area contributed by atoms with Gasteiger partial charge in [-0.3, -0.25) is 13.8 Å². The number of unbranched alkanes of at least 4 members (excludes halogenated alkanes) is 30. The number of phosphoric ester groups is 1. The quantitative estimate of drug-likeness (QED) is 0.0175. The number of phosphoric acid groups is 1. The molecule has 0 fully saturated rings. The molecule has 0 spiro atoms. The van der Waals surface area contributed by atoms with Crippen LogP contribution in [0.25, 0.3) is 0 Å². The summed E-state index contributed by atoms with van der Waals surface area (Å²) in [5.41, 5.74) is 5.38. The van der Waals surface area contributed by atoms with E-state index in [9.17, 15) is 24.5 Å². The van der Waals surface area contributed by atoms with Crippen molar-refractivity contribution in [2.24, 2.45) is 5.73 Å². The molecule has 1 amide bonds. The van der Waals surface area contributed by atoms with Gasteiger partial charge in [0, 0.05) is 6.54 Å². The Labute approximate surface area is 370 Å². The van der Waals surface area contributed by atoms with E-state index < -0.39 is 38.6 Å². The van der Waals surface area contributed by atoms with Gasteiger partial charge in [0.1, 0.15) is 0 Å². The molecule has 9 nitrogen and oxygen atoms in total. The van der Waals surface area contributed by atoms with E-state index in [0.717, 1.165) is 44.9 Å². The maximum Gasteiger partial charge on any atom is 0.472 e. The standard InChI is InChI=1S/C50H97N2O7P/c1-3-5-7-9-11-13-15-17-19-21-22-23-24-26-28-30-32-34-36-38-40-42-49(54)48(46-59-60(56,57)58-44-43-51)52-50(55)45-47(53)41-39-37-35-33-31-29-27-25-20-18-16-14-12-10-8-6-4-2/h12,14,16,18,40,42,47-49,53-54H,3-11,13,15,17,19-39,41,43-46,51H2,1-2H3,(H,52,55)(H,56,57)/b14-12-,18-16-,42-40+. The molecule has 0 aromatic heterocycles. The number of allylic oxidation sites excluding steroid dienone is 5. The van der Waals surface area contributed by atoms with Crippen LogP contribution in [-0.2, 0) is 18.4 Å². The van der Waals surface area contributed by atoms with Crippen LogP contribution in [0.15, 0.2) is 36.5 Å². The third-order valence-electron chi connectivity index (χ3n) is 11.3. The molecule has 354 valence electrons. The fourth-order valence-corrected chi connectivity index (χ4v) is 8.22. The van der Waals surface area contributed by atoms with Crippen molar-refractivity contribution < 1.29 is 33.5 Å². The number of nitrogens with two attached hydrogens (primary N) is 1. The zero-order valence-electron chi connectivity index (χ0n) is 39.1. The number of aliphatic hydroxyl groups is 2. The van der Waals surface area contributed by atoms with Crippen LogP contribution in [0.2, 0.25) is 0 Å². The monoisotopic (exact) mass is 869 g/mol. The fraction of sp³-hybridized carbons (Fsp3) is 0.860. The molecule has 0 saturated carbocycles. The van der Waals surface area contributed by atoms with Crippen LogP contribution in [0.5, 0.6) is 0 Å². The highest BCUT2D eigenvalue weighted by Gasteiger charge is 2.27. The average Bonchev–Trinajstić information content (AvgIpc) is 3.23. The Hall–Kier alpha value is -1.32. The minimum atomic E-state index is -4.41. The third-order valence-corrected chi connectivity index (χ3v) is 12.3. The summed E-state index contributed by atoms with van der Waals surface area (Å²) in [5.74, 6) is -0.448. The van der Waals surface area contributed by atoms with Crippen molar-refractivity contribution in [1.82, 2.24) is 5.32 Å². The third kappa shape index (κ3) is 43.3. The van der Waals surface area contributed by atoms with Gasteiger partial charge in [-0.1, -0.05) is 224 Å². The highest BCUT2D eigenvalue weighted by Crippen LogP contribution is 2.43. The van der Waals surface area contributed by atoms with Crippen LogP contribution in [-0.4, -0.2) is 59.0 Å². The molecule has 10 heteroatoms. The lowest BCUT2D eigenvalue weighted by Crippen LogP contribution is -2.46. The number of hydrogen-bond donors (Lipinski definition) is 5. The molecule has 0 saturated heterocycles. The first-order valence-corrected chi connectivity index (χ1v) is 26.7. The second-order valence-electron chi connectivity index (χ2n) is 17.2. The zero-order valence-corrected chi connectivity index (χ0v) is 40.0. The van der Waals surface area contributed by atoms with E-state index in [-0.39, 0.29) is 19.6 Å². The van der Waals surface area contributed by atoms with Crippen LogP contribution in [0.1, 0.15) is 239 Å². The Morgan fingerprint density at radius 3 is 1.42 bits per heavy atom. The molecular weight excluding hydrogens is 772 g/mol. The molecule has 0 rings (SSSR count). The molecule has 0 aliphatic heterocycles. The normalized spacial score (nSPS) is 14.7. The van der Waals surface area contributed by atoms with Gasteiger partial charge in [-0.25, -0.2) is 4.57 Å². The predicted molar refractivity (Wildman–Crippen MR) is 255 cm³/mol. The molecule has 4 atom stereocenters. The van der Waals surface area contributed by atoms with Crippen LogP contribution < -0.4 is 11.1 Å². The molecule has 0 aromatic carbocycles. The van der Waals surface area contributed by atoms with Crippen molar-refractivity contribution in [3.05, 3.63) is 36.5 Å². The summed E-state index contributed by atoms with van der Waals surface area (Å²) >= 11 is 0. The molecule has 0 radical (unpaired) electrons. The average molecular weight is 869 g/mol. The number of aliphatic hydroxyl groups excluding tert-OH is 2. The van der Waals surface area contributed by atoms with E-state index >= 15 is 0 Å². The lowest BCUT2D eigenvalue weighted by molar-refractivity contribution is -0.124. The fourth-order valence-electron chi connectivity index (χ4n) is 7.46. The Morgan fingerprint density at radius 1 is 0.583 bits per heavy atom. The van der Waals surface area contributed by atoms with Gasteiger partial charge in [-0.15, -0.1) is 0 Å². The largest absolute Gasteiger partial charge is 0.472 e. The second-order valence-corrected chi connectivity index (χ2v) is 18.7. The summed E-state index contributed by atoms with van der Waals surface area (Å²) in [6.07, 6.45) is 52.3. The van der Waals surface area contributed by atoms with Crippen molar-refractivity contribution in [3.63, 3.8) is 0 Å². The molecular formula is C50H97N2O7P. The molecule has 0 heterocycles. The number of amides is 1. The Kier molecular flexibility index (Phi) is 44.7. The molecule has 0 aromatic rings. The minimum absolute atomic E-state index is 0.0482. The van der Waals surface area contributed by atoms with Gasteiger partial charge in [0.2, 0.25) is 5.91 Å². The molecule has 6 N–H and O–H groups in total. The van der Waals surface area contributed by atoms with E-state index in [1.54, 1.807) is 6.08 Å². The van der Waals surface area contributed by atoms with Crippen molar-refractivity contribution in [3.8, 4) is 0 Å². The summed E-state index contributed by atoms with van der Waals surface area (Å²) in [6, 6.07) is -0.985. The molecule has 0 aliphatic rings. The number of nitrogens with one attached hydrogen (secondary N) is 1. The number of hydrogen-bond acceptors (Lipinski definition) is 7. The van der Waals surface area contributed by atoms with Gasteiger partial charge >= 0.3 is 7.82 Å². The maximum absolute atomic E-state index is 12.9. The van der Waals surface area contributed by atoms with E-state index in [2.05, 4.69) is 43.5 Å². The topological polar surface area (TPSA) is 151 Å². The van der Waals surface area contributed by atoms with E-state index in [1.165, 1.54) is 167 Å². The van der Waals surface area contributed by atoms with Crippen molar-refractivity contribution in [2.75, 3.05) is 19.8 Å². The smallest absolute Gasteiger partial charge is 0.393 e. The SMILES string of the molecule is CCCCC/C=C\C=C/CCCCCCCCCCC(O)CC(=O)NC(COP(=O)(O)OCCN)C(O)/C=C/CCCCCCCCCCCCCCCCCCCCC. The maximum atomic E-state index is 12.9. The summed E-state index contributed by atoms with van der Waals surface area (Å²) in [7, 11) is -4.41. The highest BCUT2D eigenvalue weighted by atomic mass is 31.2. The molecule has 60 heavy (non-hydrogen) atoms. The van der Waals surface area contributed by atoms with Gasteiger partial charge in [0.15, 0.2) is 0 Å². The Morgan fingerprint density at radius 2 is 0.967 bits per heavy atom. The van der Waals surface area contributed by atoms with Gasteiger partial charge in [0.25, 0.3) is 0 Å². The van der Waals surface area contributed by atoms with Crippen molar-refractivity contribution in [1.29, 1.82) is 0 Å². The van der Waals surface area contributed by atoms with Gasteiger partial charge in [-0.2, -0.15) is 0 Å². The summed E-state index contributed by atoms with van der Waals surface area (Å²) < 4.78 is 22.2. The predicted octanol–water partition coefficient (Wildman–Crippen LogP) is 13.6. The van der Waals surface area contributed by atoms with E-state index in [0.29, 0.717) is 6.42 Å².